The number of nitrogens with one attached hydrogen (secondary N) is 2. The predicted octanol–water partition coefficient (Wildman–Crippen LogP) is 2.74. The van der Waals surface area contributed by atoms with E-state index in [1.165, 1.54) is 0 Å². The molecule has 1 fully saturated rings. The number of amides is 1. The van der Waals surface area contributed by atoms with Crippen molar-refractivity contribution in [3.63, 3.8) is 0 Å². The van der Waals surface area contributed by atoms with E-state index >= 15 is 0 Å². The molecule has 0 radical (unpaired) electrons. The zero-order chi connectivity index (χ0) is 24.1. The van der Waals surface area contributed by atoms with Crippen LogP contribution in [0.25, 0.3) is 33.2 Å². The van der Waals surface area contributed by atoms with Crippen molar-refractivity contribution in [3.05, 3.63) is 41.7 Å². The Kier molecular flexibility index (Phi) is 5.36. The van der Waals surface area contributed by atoms with Crippen LogP contribution in [0.2, 0.25) is 0 Å². The maximum atomic E-state index is 12.9. The van der Waals surface area contributed by atoms with Crippen molar-refractivity contribution in [1.82, 2.24) is 30.4 Å². The van der Waals surface area contributed by atoms with Gasteiger partial charge in [-0.25, -0.2) is 9.97 Å². The molecule has 2 aromatic heterocycles. The molecule has 2 atom stereocenters. The number of hydrogen-bond acceptors (Lipinski definition) is 7. The standard InChI is InChI=1S/C25H29N7O2/c1-13-10-32(11-14(2)27-13)17-6-7-20-18(9-17)22(25(34)26-4)29-24(28-20)19-8-16-12-31(5)30-21(16)15(3)23(19)33/h6-9,12-14,27,33H,10-11H2,1-5H3,(H,26,34)/t13-,14-/m1/s1. The summed E-state index contributed by atoms with van der Waals surface area (Å²) in [5, 5.41) is 23.2. The minimum Gasteiger partial charge on any atom is -0.507 e. The molecule has 34 heavy (non-hydrogen) atoms. The molecule has 2 aromatic carbocycles. The number of aromatic nitrogens is 4. The van der Waals surface area contributed by atoms with Gasteiger partial charge in [0.15, 0.2) is 5.82 Å². The summed E-state index contributed by atoms with van der Waals surface area (Å²) in [6, 6.07) is 8.50. The SMILES string of the molecule is CNC(=O)c1nc(-c2cc3cn(C)nc3c(C)c2O)nc2ccc(N3C[C@@H](C)N[C@H](C)C3)cc12. The summed E-state index contributed by atoms with van der Waals surface area (Å²) in [7, 11) is 3.42. The Morgan fingerprint density at radius 1 is 1.18 bits per heavy atom. The van der Waals surface area contributed by atoms with Gasteiger partial charge in [-0.2, -0.15) is 5.10 Å². The van der Waals surface area contributed by atoms with E-state index in [0.717, 1.165) is 29.7 Å². The number of phenolic OH excluding ortho intramolecular Hbond substituents is 1. The second-order valence-corrected chi connectivity index (χ2v) is 9.19. The van der Waals surface area contributed by atoms with Crippen LogP contribution in [0, 0.1) is 6.92 Å². The number of aromatic hydroxyl groups is 1. The van der Waals surface area contributed by atoms with Crippen molar-refractivity contribution in [3.8, 4) is 17.1 Å². The van der Waals surface area contributed by atoms with Gasteiger partial charge in [-0.1, -0.05) is 0 Å². The van der Waals surface area contributed by atoms with Crippen LogP contribution in [0.15, 0.2) is 30.5 Å². The lowest BCUT2D eigenvalue weighted by atomic mass is 10.0. The Labute approximate surface area is 197 Å². The van der Waals surface area contributed by atoms with Gasteiger partial charge in [-0.15, -0.1) is 0 Å². The van der Waals surface area contributed by atoms with Gasteiger partial charge in [0, 0.05) is 67.5 Å². The number of phenols is 1. The van der Waals surface area contributed by atoms with E-state index in [0.29, 0.717) is 39.9 Å². The van der Waals surface area contributed by atoms with Crippen molar-refractivity contribution in [2.24, 2.45) is 7.05 Å². The lowest BCUT2D eigenvalue weighted by molar-refractivity contribution is 0.0960. The Bertz CT molecular complexity index is 1420. The number of carbonyl (C=O) groups excluding carboxylic acids is 1. The number of rotatable bonds is 3. The molecule has 9 nitrogen and oxygen atoms in total. The summed E-state index contributed by atoms with van der Waals surface area (Å²) < 4.78 is 1.71. The number of nitrogens with zero attached hydrogens (tertiary/aromatic N) is 5. The molecule has 0 aliphatic carbocycles. The topological polar surface area (TPSA) is 108 Å². The Morgan fingerprint density at radius 2 is 1.91 bits per heavy atom. The third kappa shape index (κ3) is 3.71. The van der Waals surface area contributed by atoms with Crippen LogP contribution >= 0.6 is 0 Å². The average Bonchev–Trinajstić information content (AvgIpc) is 3.19. The second kappa shape index (κ2) is 8.25. The highest BCUT2D eigenvalue weighted by atomic mass is 16.3. The van der Waals surface area contributed by atoms with Gasteiger partial charge in [0.2, 0.25) is 0 Å². The van der Waals surface area contributed by atoms with E-state index in [2.05, 4.69) is 39.5 Å². The molecule has 9 heteroatoms. The first-order valence-corrected chi connectivity index (χ1v) is 11.5. The lowest BCUT2D eigenvalue weighted by Gasteiger charge is -2.37. The van der Waals surface area contributed by atoms with Crippen molar-refractivity contribution in [2.75, 3.05) is 25.0 Å². The van der Waals surface area contributed by atoms with Gasteiger partial charge in [-0.05, 0) is 45.0 Å². The Balaban J connectivity index is 1.68. The Hall–Kier alpha value is -3.72. The third-order valence-electron chi connectivity index (χ3n) is 6.41. The minimum atomic E-state index is -0.300. The molecular formula is C25H29N7O2. The highest BCUT2D eigenvalue weighted by Crippen LogP contribution is 2.36. The average molecular weight is 460 g/mol. The van der Waals surface area contributed by atoms with E-state index < -0.39 is 0 Å². The summed E-state index contributed by atoms with van der Waals surface area (Å²) in [4.78, 5) is 24.6. The first-order chi connectivity index (χ1) is 16.2. The fourth-order valence-corrected chi connectivity index (χ4v) is 4.88. The summed E-state index contributed by atoms with van der Waals surface area (Å²) in [5.41, 5.74) is 3.80. The number of piperazine rings is 1. The molecule has 0 bridgehead atoms. The molecule has 3 heterocycles. The molecule has 0 spiro atoms. The van der Waals surface area contributed by atoms with Gasteiger partial charge < -0.3 is 20.6 Å². The molecule has 176 valence electrons. The predicted molar refractivity (Wildman–Crippen MR) is 133 cm³/mol. The number of carbonyl (C=O) groups is 1. The van der Waals surface area contributed by atoms with E-state index in [1.54, 1.807) is 11.7 Å². The quantitative estimate of drug-likeness (QED) is 0.432. The van der Waals surface area contributed by atoms with E-state index in [-0.39, 0.29) is 17.4 Å². The molecule has 3 N–H and O–H groups in total. The van der Waals surface area contributed by atoms with Crippen LogP contribution < -0.4 is 15.5 Å². The zero-order valence-electron chi connectivity index (χ0n) is 20.0. The van der Waals surface area contributed by atoms with Crippen LogP contribution in [-0.2, 0) is 7.05 Å². The largest absolute Gasteiger partial charge is 0.507 e. The summed E-state index contributed by atoms with van der Waals surface area (Å²) in [5.74, 6) is 0.0648. The molecule has 1 saturated heterocycles. The van der Waals surface area contributed by atoms with Gasteiger partial charge in [-0.3, -0.25) is 9.48 Å². The molecule has 0 unspecified atom stereocenters. The maximum absolute atomic E-state index is 12.9. The van der Waals surface area contributed by atoms with Gasteiger partial charge in [0.1, 0.15) is 11.4 Å². The number of hydrogen-bond donors (Lipinski definition) is 3. The van der Waals surface area contributed by atoms with Crippen molar-refractivity contribution in [2.45, 2.75) is 32.9 Å². The van der Waals surface area contributed by atoms with Crippen LogP contribution in [0.4, 0.5) is 5.69 Å². The summed E-state index contributed by atoms with van der Waals surface area (Å²) >= 11 is 0. The lowest BCUT2D eigenvalue weighted by Crippen LogP contribution is -2.54. The molecule has 4 aromatic rings. The summed E-state index contributed by atoms with van der Waals surface area (Å²) in [6.07, 6.45) is 1.88. The van der Waals surface area contributed by atoms with Crippen LogP contribution in [0.1, 0.15) is 29.9 Å². The number of benzene rings is 2. The molecule has 1 aliphatic rings. The van der Waals surface area contributed by atoms with Gasteiger partial charge in [0.05, 0.1) is 16.6 Å². The monoisotopic (exact) mass is 459 g/mol. The zero-order valence-corrected chi connectivity index (χ0v) is 20.0. The second-order valence-electron chi connectivity index (χ2n) is 9.19. The maximum Gasteiger partial charge on any atom is 0.270 e. The molecule has 0 saturated carbocycles. The van der Waals surface area contributed by atoms with Crippen LogP contribution in [0.3, 0.4) is 0 Å². The van der Waals surface area contributed by atoms with E-state index in [4.69, 9.17) is 4.98 Å². The minimum absolute atomic E-state index is 0.0637. The first-order valence-electron chi connectivity index (χ1n) is 11.5. The van der Waals surface area contributed by atoms with E-state index in [1.807, 2.05) is 44.4 Å². The van der Waals surface area contributed by atoms with Gasteiger partial charge >= 0.3 is 0 Å². The Morgan fingerprint density at radius 3 is 2.62 bits per heavy atom. The molecule has 5 rings (SSSR count). The van der Waals surface area contributed by atoms with Crippen molar-refractivity contribution in [1.29, 1.82) is 0 Å². The van der Waals surface area contributed by atoms with Gasteiger partial charge in [0.25, 0.3) is 5.91 Å². The van der Waals surface area contributed by atoms with Crippen molar-refractivity contribution < 1.29 is 9.90 Å². The summed E-state index contributed by atoms with van der Waals surface area (Å²) in [6.45, 7) is 7.91. The fraction of sp³-hybridized carbons (Fsp3) is 0.360. The molecular weight excluding hydrogens is 430 g/mol. The van der Waals surface area contributed by atoms with Crippen LogP contribution in [0.5, 0.6) is 5.75 Å². The van der Waals surface area contributed by atoms with Crippen LogP contribution in [-0.4, -0.2) is 63.0 Å². The smallest absolute Gasteiger partial charge is 0.270 e. The first kappa shape index (κ1) is 22.1. The third-order valence-corrected chi connectivity index (χ3v) is 6.41. The normalized spacial score (nSPS) is 18.6. The van der Waals surface area contributed by atoms with Crippen molar-refractivity contribution >= 4 is 33.4 Å². The highest BCUT2D eigenvalue weighted by molar-refractivity contribution is 6.06. The number of fused-ring (bicyclic) bond motifs is 2. The number of aryl methyl sites for hydroxylation is 2. The molecule has 1 amide bonds. The molecule has 1 aliphatic heterocycles. The number of anilines is 1. The fourth-order valence-electron chi connectivity index (χ4n) is 4.88. The highest BCUT2D eigenvalue weighted by Gasteiger charge is 2.24. The van der Waals surface area contributed by atoms with E-state index in [9.17, 15) is 9.90 Å².